The van der Waals surface area contributed by atoms with Gasteiger partial charge in [-0.15, -0.1) is 0 Å². The number of carboxylic acid groups (broad SMARTS) is 1. The molecule has 1 aromatic carbocycles. The molecule has 2 N–H and O–H groups in total. The lowest BCUT2D eigenvalue weighted by atomic mass is 9.99. The maximum atomic E-state index is 11.3. The summed E-state index contributed by atoms with van der Waals surface area (Å²) in [5, 5.41) is 18.2. The third kappa shape index (κ3) is 2.02. The normalized spacial score (nSPS) is 10.1. The number of Topliss-reactive ketones (excluding diaryl/α,β-unsaturated/α-hetero) is 1. The van der Waals surface area contributed by atoms with Crippen molar-refractivity contribution in [3.8, 4) is 5.75 Å². The lowest BCUT2D eigenvalue weighted by Crippen LogP contribution is -2.15. The molecule has 0 aliphatic heterocycles. The molecule has 0 heterocycles. The van der Waals surface area contributed by atoms with Gasteiger partial charge in [0.05, 0.1) is 10.0 Å². The van der Waals surface area contributed by atoms with Crippen LogP contribution in [0.15, 0.2) is 10.5 Å². The Labute approximate surface area is 94.7 Å². The summed E-state index contributed by atoms with van der Waals surface area (Å²) in [4.78, 5) is 21.9. The van der Waals surface area contributed by atoms with Crippen LogP contribution < -0.4 is 0 Å². The highest BCUT2D eigenvalue weighted by Crippen LogP contribution is 2.32. The maximum Gasteiger partial charge on any atom is 0.377 e. The van der Waals surface area contributed by atoms with Gasteiger partial charge in [0.2, 0.25) is 0 Å². The number of carbonyl (C=O) groups is 2. The first-order valence-corrected chi connectivity index (χ1v) is 4.91. The van der Waals surface area contributed by atoms with Crippen molar-refractivity contribution in [1.29, 1.82) is 0 Å². The third-order valence-corrected chi connectivity index (χ3v) is 2.80. The summed E-state index contributed by atoms with van der Waals surface area (Å²) >= 11 is 3.05. The minimum absolute atomic E-state index is 0.158. The number of carbonyl (C=O) groups excluding carboxylic acids is 1. The Bertz CT molecular complexity index is 425. The van der Waals surface area contributed by atoms with Crippen LogP contribution in [0.3, 0.4) is 0 Å². The van der Waals surface area contributed by atoms with E-state index in [2.05, 4.69) is 15.9 Å². The number of phenols is 1. The van der Waals surface area contributed by atoms with E-state index < -0.39 is 11.8 Å². The molecule has 0 saturated heterocycles. The Balaban J connectivity index is 3.53. The molecule has 15 heavy (non-hydrogen) atoms. The number of halogens is 1. The molecule has 0 spiro atoms. The van der Waals surface area contributed by atoms with Crippen LogP contribution in [0.1, 0.15) is 21.5 Å². The topological polar surface area (TPSA) is 74.6 Å². The van der Waals surface area contributed by atoms with Crippen molar-refractivity contribution in [3.63, 3.8) is 0 Å². The Kier molecular flexibility index (Phi) is 3.14. The Morgan fingerprint density at radius 3 is 2.33 bits per heavy atom. The average Bonchev–Trinajstić information content (AvgIpc) is 2.15. The van der Waals surface area contributed by atoms with E-state index in [9.17, 15) is 14.7 Å². The number of ketones is 1. The molecule has 0 aliphatic carbocycles. The fourth-order valence-corrected chi connectivity index (χ4v) is 1.79. The summed E-state index contributed by atoms with van der Waals surface area (Å²) in [7, 11) is 0. The molecule has 1 aromatic rings. The zero-order valence-electron chi connectivity index (χ0n) is 8.17. The summed E-state index contributed by atoms with van der Waals surface area (Å²) in [6, 6.07) is 1.63. The van der Waals surface area contributed by atoms with E-state index in [-0.39, 0.29) is 11.3 Å². The predicted molar refractivity (Wildman–Crippen MR) is 57.2 cm³/mol. The molecule has 5 heteroatoms. The van der Waals surface area contributed by atoms with Crippen molar-refractivity contribution in [2.75, 3.05) is 0 Å². The first kappa shape index (κ1) is 11.7. The number of aryl methyl sites for hydroxylation is 1. The zero-order chi connectivity index (χ0) is 11.7. The van der Waals surface area contributed by atoms with Gasteiger partial charge in [-0.05, 0) is 47.0 Å². The number of carboxylic acids is 1. The molecule has 0 bridgehead atoms. The van der Waals surface area contributed by atoms with Gasteiger partial charge in [0.25, 0.3) is 5.78 Å². The highest BCUT2D eigenvalue weighted by atomic mass is 79.9. The fraction of sp³-hybridized carbons (Fsp3) is 0.200. The molecule has 0 aromatic heterocycles. The summed E-state index contributed by atoms with van der Waals surface area (Å²) in [6.07, 6.45) is 0. The van der Waals surface area contributed by atoms with Gasteiger partial charge in [-0.25, -0.2) is 4.79 Å². The van der Waals surface area contributed by atoms with E-state index in [1.807, 2.05) is 0 Å². The van der Waals surface area contributed by atoms with Gasteiger partial charge in [-0.2, -0.15) is 0 Å². The number of hydrogen-bond acceptors (Lipinski definition) is 3. The molecular formula is C10H9BrO4. The van der Waals surface area contributed by atoms with Gasteiger partial charge in [0.15, 0.2) is 0 Å². The van der Waals surface area contributed by atoms with E-state index in [0.29, 0.717) is 10.0 Å². The van der Waals surface area contributed by atoms with Crippen molar-refractivity contribution < 1.29 is 19.8 Å². The van der Waals surface area contributed by atoms with Crippen molar-refractivity contribution in [2.45, 2.75) is 13.8 Å². The van der Waals surface area contributed by atoms with Crippen molar-refractivity contribution in [3.05, 3.63) is 27.2 Å². The van der Waals surface area contributed by atoms with Crippen molar-refractivity contribution in [1.82, 2.24) is 0 Å². The smallest absolute Gasteiger partial charge is 0.377 e. The van der Waals surface area contributed by atoms with Gasteiger partial charge in [-0.3, -0.25) is 4.79 Å². The Morgan fingerprint density at radius 1 is 1.33 bits per heavy atom. The highest BCUT2D eigenvalue weighted by molar-refractivity contribution is 9.10. The maximum absolute atomic E-state index is 11.3. The van der Waals surface area contributed by atoms with Gasteiger partial charge in [0.1, 0.15) is 5.75 Å². The van der Waals surface area contributed by atoms with E-state index in [1.165, 1.54) is 0 Å². The summed E-state index contributed by atoms with van der Waals surface area (Å²) in [5.74, 6) is -3.01. The monoisotopic (exact) mass is 272 g/mol. The molecule has 4 nitrogen and oxygen atoms in total. The van der Waals surface area contributed by atoms with Crippen LogP contribution in [0.2, 0.25) is 0 Å². The number of rotatable bonds is 2. The first-order chi connectivity index (χ1) is 6.86. The molecule has 0 saturated carbocycles. The SMILES string of the molecule is Cc1cc(Br)c(O)c(C(=O)C(=O)O)c1C. The van der Waals surface area contributed by atoms with Crippen LogP contribution in [0.4, 0.5) is 0 Å². The average molecular weight is 273 g/mol. The summed E-state index contributed by atoms with van der Waals surface area (Å²) < 4.78 is 0.315. The van der Waals surface area contributed by atoms with E-state index in [0.717, 1.165) is 5.56 Å². The molecule has 0 fully saturated rings. The first-order valence-electron chi connectivity index (χ1n) is 4.12. The summed E-state index contributed by atoms with van der Waals surface area (Å²) in [5.41, 5.74) is 1.06. The largest absolute Gasteiger partial charge is 0.506 e. The van der Waals surface area contributed by atoms with Crippen LogP contribution in [0, 0.1) is 13.8 Å². The second-order valence-electron chi connectivity index (χ2n) is 3.16. The lowest BCUT2D eigenvalue weighted by molar-refractivity contribution is -0.131. The molecule has 0 unspecified atom stereocenters. The van der Waals surface area contributed by atoms with Gasteiger partial charge < -0.3 is 10.2 Å². The predicted octanol–water partition coefficient (Wildman–Crippen LogP) is 2.04. The van der Waals surface area contributed by atoms with Crippen molar-refractivity contribution in [2.24, 2.45) is 0 Å². The van der Waals surface area contributed by atoms with Gasteiger partial charge >= 0.3 is 5.97 Å². The molecule has 1 rings (SSSR count). The third-order valence-electron chi connectivity index (χ3n) is 2.19. The quantitative estimate of drug-likeness (QED) is 0.638. The highest BCUT2D eigenvalue weighted by Gasteiger charge is 2.23. The van der Waals surface area contributed by atoms with E-state index >= 15 is 0 Å². The number of phenolic OH excluding ortho intramolecular Hbond substituents is 1. The minimum Gasteiger partial charge on any atom is -0.506 e. The second-order valence-corrected chi connectivity index (χ2v) is 4.01. The minimum atomic E-state index is -1.58. The van der Waals surface area contributed by atoms with E-state index in [4.69, 9.17) is 5.11 Å². The number of hydrogen-bond donors (Lipinski definition) is 2. The second kappa shape index (κ2) is 4.02. The van der Waals surface area contributed by atoms with Gasteiger partial charge in [0, 0.05) is 0 Å². The van der Waals surface area contributed by atoms with Gasteiger partial charge in [-0.1, -0.05) is 0 Å². The molecule has 0 amide bonds. The van der Waals surface area contributed by atoms with E-state index in [1.54, 1.807) is 19.9 Å². The Hall–Kier alpha value is -1.36. The molecule has 80 valence electrons. The van der Waals surface area contributed by atoms with Crippen LogP contribution in [-0.4, -0.2) is 22.0 Å². The molecule has 0 atom stereocenters. The number of benzene rings is 1. The van der Waals surface area contributed by atoms with Crippen molar-refractivity contribution >= 4 is 27.7 Å². The molecule has 0 radical (unpaired) electrons. The van der Waals surface area contributed by atoms with Crippen LogP contribution in [-0.2, 0) is 4.79 Å². The van der Waals surface area contributed by atoms with Crippen LogP contribution in [0.5, 0.6) is 5.75 Å². The zero-order valence-corrected chi connectivity index (χ0v) is 9.75. The summed E-state index contributed by atoms with van der Waals surface area (Å²) in [6.45, 7) is 3.33. The van der Waals surface area contributed by atoms with Crippen LogP contribution >= 0.6 is 15.9 Å². The lowest BCUT2D eigenvalue weighted by Gasteiger charge is -2.09. The molecule has 0 aliphatic rings. The fourth-order valence-electron chi connectivity index (χ4n) is 1.25. The number of aliphatic carboxylic acids is 1. The number of aromatic hydroxyl groups is 1. The standard InChI is InChI=1S/C10H9BrO4/c1-4-3-6(11)8(12)7(5(4)2)9(13)10(14)15/h3,12H,1-2H3,(H,14,15). The molecular weight excluding hydrogens is 264 g/mol. The van der Waals surface area contributed by atoms with Crippen LogP contribution in [0.25, 0.3) is 0 Å². The Morgan fingerprint density at radius 2 is 1.87 bits per heavy atom.